The summed E-state index contributed by atoms with van der Waals surface area (Å²) < 4.78 is 92.9. The van der Waals surface area contributed by atoms with Crippen LogP contribution in [0.25, 0.3) is 49.9 Å². The summed E-state index contributed by atoms with van der Waals surface area (Å²) in [5, 5.41) is 2.35. The van der Waals surface area contributed by atoms with Crippen LogP contribution in [0.3, 0.4) is 0 Å². The number of nitrogens with zero attached hydrogens (tertiary/aromatic N) is 2. The minimum absolute atomic E-state index is 0. The first kappa shape index (κ1) is 34.1. The largest absolute Gasteiger partial charge is 1.00 e. The molecule has 0 spiro atoms. The number of rotatable bonds is 7. The first-order valence-corrected chi connectivity index (χ1v) is 17.2. The summed E-state index contributed by atoms with van der Waals surface area (Å²) in [6.07, 6.45) is 3.31. The van der Waals surface area contributed by atoms with Gasteiger partial charge in [0.05, 0.1) is 11.8 Å². The molecule has 48 heavy (non-hydrogen) atoms. The smallest absolute Gasteiger partial charge is 0.743 e. The van der Waals surface area contributed by atoms with Crippen molar-refractivity contribution in [2.75, 3.05) is 4.90 Å². The Hall–Kier alpha value is -3.75. The van der Waals surface area contributed by atoms with Crippen LogP contribution in [0.1, 0.15) is 19.2 Å². The Labute approximate surface area is 317 Å². The van der Waals surface area contributed by atoms with Gasteiger partial charge < -0.3 is 22.7 Å². The molecule has 2 aromatic heterocycles. The Kier molecular flexibility index (Phi) is 9.20. The van der Waals surface area contributed by atoms with Gasteiger partial charge >= 0.3 is 57.3 Å². The number of furan rings is 1. The summed E-state index contributed by atoms with van der Waals surface area (Å²) >= 11 is 0. The number of oxazole rings is 1. The molecule has 7 rings (SSSR count). The van der Waals surface area contributed by atoms with E-state index in [-0.39, 0.29) is 74.6 Å². The summed E-state index contributed by atoms with van der Waals surface area (Å²) in [7, 11) is -9.89. The van der Waals surface area contributed by atoms with Crippen molar-refractivity contribution >= 4 is 75.8 Å². The molecule has 6 aromatic rings. The standard InChI is InChI=1S/C34H24N2O9S2.K/c1-3-9-34(47(40,41)42)36-27-19-29-25(24-12-7-8-13-28(24)43-29)18-31(27)45-33(36)15-21(4-2)14-32-35(20-46(37,38)39)26-16-22-10-5-6-11-23(22)17-30(26)44-32;/h5-8,10-19H,1,4,20H2,2H3,(H-,37,38,39,40,41,42);/q;+1/p-1. The average Bonchev–Trinajstić information content (AvgIpc) is 3.66. The van der Waals surface area contributed by atoms with Crippen LogP contribution < -0.4 is 65.6 Å². The normalized spacial score (nSPS) is 14.3. The van der Waals surface area contributed by atoms with E-state index in [1.54, 1.807) is 37.3 Å². The van der Waals surface area contributed by atoms with Crippen molar-refractivity contribution in [2.24, 2.45) is 0 Å². The second-order valence-corrected chi connectivity index (χ2v) is 13.4. The average molecular weight is 707 g/mol. The Bertz CT molecular complexity index is 2680. The topological polar surface area (TPSA) is 157 Å². The van der Waals surface area contributed by atoms with Gasteiger partial charge in [-0.3, -0.25) is 4.90 Å². The van der Waals surface area contributed by atoms with Crippen molar-refractivity contribution in [1.29, 1.82) is 0 Å². The molecule has 0 N–H and O–H groups in total. The van der Waals surface area contributed by atoms with Crippen LogP contribution in [0.15, 0.2) is 122 Å². The first-order valence-electron chi connectivity index (χ1n) is 14.2. The molecule has 0 saturated carbocycles. The van der Waals surface area contributed by atoms with Gasteiger partial charge in [0.1, 0.15) is 21.3 Å². The van der Waals surface area contributed by atoms with Gasteiger partial charge in [0, 0.05) is 29.0 Å². The molecule has 236 valence electrons. The van der Waals surface area contributed by atoms with Crippen molar-refractivity contribution in [3.63, 3.8) is 0 Å². The Morgan fingerprint density at radius 1 is 0.917 bits per heavy atom. The summed E-state index contributed by atoms with van der Waals surface area (Å²) in [5.74, 6) is -0.690. The number of ether oxygens (including phenoxy) is 1. The van der Waals surface area contributed by atoms with Crippen molar-refractivity contribution in [3.8, 4) is 5.75 Å². The molecule has 0 radical (unpaired) electrons. The maximum absolute atomic E-state index is 12.5. The van der Waals surface area contributed by atoms with E-state index in [2.05, 4.69) is 18.0 Å². The predicted octanol–water partition coefficient (Wildman–Crippen LogP) is 3.14. The maximum Gasteiger partial charge on any atom is 1.00 e. The third kappa shape index (κ3) is 6.37. The minimum atomic E-state index is -5.15. The van der Waals surface area contributed by atoms with E-state index in [1.165, 1.54) is 16.7 Å². The minimum Gasteiger partial charge on any atom is -0.743 e. The van der Waals surface area contributed by atoms with E-state index in [9.17, 15) is 25.9 Å². The summed E-state index contributed by atoms with van der Waals surface area (Å²) in [4.78, 5) is 1.08. The third-order valence-electron chi connectivity index (χ3n) is 7.68. The van der Waals surface area contributed by atoms with Gasteiger partial charge in [0.15, 0.2) is 20.9 Å². The van der Waals surface area contributed by atoms with Crippen LogP contribution in [0, 0.1) is 0 Å². The second kappa shape index (κ2) is 12.9. The van der Waals surface area contributed by atoms with Crippen LogP contribution in [0.2, 0.25) is 0 Å². The van der Waals surface area contributed by atoms with Crippen LogP contribution in [0.4, 0.5) is 5.69 Å². The molecule has 11 nitrogen and oxygen atoms in total. The predicted molar refractivity (Wildman–Crippen MR) is 173 cm³/mol. The summed E-state index contributed by atoms with van der Waals surface area (Å²) in [5.41, 5.74) is 6.97. The zero-order chi connectivity index (χ0) is 33.1. The third-order valence-corrected chi connectivity index (χ3v) is 9.01. The zero-order valence-electron chi connectivity index (χ0n) is 25.6. The maximum atomic E-state index is 12.5. The van der Waals surface area contributed by atoms with Crippen LogP contribution in [0.5, 0.6) is 5.75 Å². The molecule has 1 aliphatic heterocycles. The Morgan fingerprint density at radius 2 is 1.62 bits per heavy atom. The fraction of sp³-hybridized carbons (Fsp3) is 0.0882. The molecule has 0 unspecified atom stereocenters. The van der Waals surface area contributed by atoms with Crippen molar-refractivity contribution in [3.05, 3.63) is 119 Å². The van der Waals surface area contributed by atoms with Crippen molar-refractivity contribution < 1.29 is 95.5 Å². The van der Waals surface area contributed by atoms with Crippen molar-refractivity contribution in [2.45, 2.75) is 19.2 Å². The van der Waals surface area contributed by atoms with Gasteiger partial charge in [-0.15, -0.1) is 4.57 Å². The van der Waals surface area contributed by atoms with E-state index in [1.807, 2.05) is 42.5 Å². The fourth-order valence-corrected chi connectivity index (χ4v) is 6.82. The number of benzene rings is 4. The van der Waals surface area contributed by atoms with Gasteiger partial charge in [0.2, 0.25) is 17.3 Å². The van der Waals surface area contributed by atoms with E-state index in [0.29, 0.717) is 39.6 Å². The number of aromatic nitrogens is 1. The quantitative estimate of drug-likeness (QED) is 0.105. The molecule has 0 atom stereocenters. The Morgan fingerprint density at radius 3 is 2.31 bits per heavy atom. The molecular weight excluding hydrogens is 684 g/mol. The number of hydrogen-bond acceptors (Lipinski definition) is 10. The van der Waals surface area contributed by atoms with E-state index >= 15 is 0 Å². The summed E-state index contributed by atoms with van der Waals surface area (Å²) in [6, 6.07) is 21.5. The molecule has 0 bridgehead atoms. The van der Waals surface area contributed by atoms with Crippen molar-refractivity contribution in [1.82, 2.24) is 0 Å². The number of para-hydroxylation sites is 1. The monoisotopic (exact) mass is 706 g/mol. The second-order valence-electron chi connectivity index (χ2n) is 10.7. The number of allylic oxidation sites excluding steroid dienone is 2. The summed E-state index contributed by atoms with van der Waals surface area (Å²) in [6.45, 7) is 5.19. The van der Waals surface area contributed by atoms with Gasteiger partial charge in [0.25, 0.3) is 5.52 Å². The molecular formula is C34H23KN2O9S2. The SMILES string of the molecule is C=C=C=C(N1C(=CC(=Cc2oc3cc4ccccc4cc3[n+]2CS(=O)(=O)[O-])CC)Oc2cc3c(cc21)oc1ccccc13)S(=O)(=O)[O-].[K+]. The van der Waals surface area contributed by atoms with E-state index in [0.717, 1.165) is 21.1 Å². The first-order chi connectivity index (χ1) is 22.4. The molecule has 0 fully saturated rings. The molecule has 0 aliphatic carbocycles. The molecule has 4 aromatic carbocycles. The zero-order valence-corrected chi connectivity index (χ0v) is 30.3. The number of anilines is 1. The van der Waals surface area contributed by atoms with Crippen LogP contribution in [-0.2, 0) is 26.1 Å². The Balaban J connectivity index is 0.00000401. The molecule has 3 heterocycles. The van der Waals surface area contributed by atoms with Gasteiger partial charge in [-0.05, 0) is 53.3 Å². The van der Waals surface area contributed by atoms with Crippen LogP contribution >= 0.6 is 0 Å². The molecule has 14 heteroatoms. The van der Waals surface area contributed by atoms with E-state index < -0.39 is 31.1 Å². The fourth-order valence-electron chi connectivity index (χ4n) is 5.63. The van der Waals surface area contributed by atoms with Gasteiger partial charge in [-0.1, -0.05) is 55.1 Å². The molecule has 0 saturated heterocycles. The van der Waals surface area contributed by atoms with Gasteiger partial charge in [-0.25, -0.2) is 16.8 Å². The molecule has 1 aliphatic rings. The number of fused-ring (bicyclic) bond motifs is 6. The van der Waals surface area contributed by atoms with E-state index in [4.69, 9.17) is 13.6 Å². The van der Waals surface area contributed by atoms with Crippen LogP contribution in [-0.4, -0.2) is 25.9 Å². The van der Waals surface area contributed by atoms with Gasteiger partial charge in [-0.2, -0.15) is 0 Å². The molecule has 0 amide bonds. The number of hydrogen-bond donors (Lipinski definition) is 0.